The van der Waals surface area contributed by atoms with Gasteiger partial charge < -0.3 is 26.0 Å². The fraction of sp³-hybridized carbons (Fsp3) is 0.556. The lowest BCUT2D eigenvalue weighted by Gasteiger charge is -2.70. The lowest BCUT2D eigenvalue weighted by Crippen LogP contribution is -2.84. The SMILES string of the molecule is O=C(COc1ccc(Cl)c(F)c1)NC12CC(NC(=O)C3CNCNC3)(C1)C2. The minimum absolute atomic E-state index is 0.00722. The van der Waals surface area contributed by atoms with Gasteiger partial charge in [0.15, 0.2) is 6.61 Å². The molecule has 0 aromatic heterocycles. The number of ether oxygens (including phenoxy) is 1. The second kappa shape index (κ2) is 6.92. The molecule has 2 amide bonds. The Balaban J connectivity index is 1.20. The van der Waals surface area contributed by atoms with Gasteiger partial charge in [0.25, 0.3) is 5.91 Å². The molecule has 4 fully saturated rings. The second-order valence-corrected chi connectivity index (χ2v) is 8.18. The molecule has 0 unspecified atom stereocenters. The van der Waals surface area contributed by atoms with E-state index in [9.17, 15) is 14.0 Å². The average molecular weight is 397 g/mol. The molecule has 5 rings (SSSR count). The third-order valence-electron chi connectivity index (χ3n) is 5.49. The van der Waals surface area contributed by atoms with E-state index in [0.717, 1.165) is 32.0 Å². The lowest BCUT2D eigenvalue weighted by molar-refractivity contribution is -0.152. The molecule has 1 saturated heterocycles. The first kappa shape index (κ1) is 18.5. The van der Waals surface area contributed by atoms with E-state index in [4.69, 9.17) is 16.3 Å². The van der Waals surface area contributed by atoms with Gasteiger partial charge in [-0.05, 0) is 31.4 Å². The van der Waals surface area contributed by atoms with Crippen LogP contribution in [0.3, 0.4) is 0 Å². The van der Waals surface area contributed by atoms with Crippen molar-refractivity contribution in [3.8, 4) is 5.75 Å². The standard InChI is InChI=1S/C18H22ClFN4O3/c19-13-2-1-12(3-14(13)20)27-6-15(25)23-17-7-18(8-17,9-17)24-16(26)11-4-21-10-22-5-11/h1-3,11,21-22H,4-10H2,(H,23,25)(H,24,26). The van der Waals surface area contributed by atoms with Crippen LogP contribution in [0.2, 0.25) is 5.02 Å². The Morgan fingerprint density at radius 1 is 1.19 bits per heavy atom. The van der Waals surface area contributed by atoms with Crippen LogP contribution >= 0.6 is 11.6 Å². The molecule has 3 saturated carbocycles. The molecule has 3 aliphatic carbocycles. The fourth-order valence-electron chi connectivity index (χ4n) is 4.30. The molecule has 0 atom stereocenters. The number of rotatable bonds is 6. The van der Waals surface area contributed by atoms with Crippen molar-refractivity contribution < 1.29 is 18.7 Å². The summed E-state index contributed by atoms with van der Waals surface area (Å²) in [5.74, 6) is -0.599. The van der Waals surface area contributed by atoms with Crippen LogP contribution in [0.5, 0.6) is 5.75 Å². The zero-order chi connectivity index (χ0) is 19.1. The molecule has 4 N–H and O–H groups in total. The molecule has 1 aromatic carbocycles. The lowest BCUT2D eigenvalue weighted by atomic mass is 9.44. The second-order valence-electron chi connectivity index (χ2n) is 7.77. The molecular weight excluding hydrogens is 375 g/mol. The van der Waals surface area contributed by atoms with Crippen LogP contribution < -0.4 is 26.0 Å². The highest BCUT2D eigenvalue weighted by Crippen LogP contribution is 2.60. The molecule has 27 heavy (non-hydrogen) atoms. The van der Waals surface area contributed by atoms with Crippen molar-refractivity contribution in [2.24, 2.45) is 5.92 Å². The largest absolute Gasteiger partial charge is 0.484 e. The number of carbonyl (C=O) groups excluding carboxylic acids is 2. The normalized spacial score (nSPS) is 29.3. The van der Waals surface area contributed by atoms with Gasteiger partial charge >= 0.3 is 0 Å². The first-order valence-corrected chi connectivity index (χ1v) is 9.39. The van der Waals surface area contributed by atoms with E-state index < -0.39 is 5.82 Å². The first-order valence-electron chi connectivity index (χ1n) is 9.01. The van der Waals surface area contributed by atoms with Crippen molar-refractivity contribution in [1.29, 1.82) is 0 Å². The average Bonchev–Trinajstić information content (AvgIpc) is 2.60. The van der Waals surface area contributed by atoms with Gasteiger partial charge in [-0.3, -0.25) is 9.59 Å². The van der Waals surface area contributed by atoms with Crippen molar-refractivity contribution in [2.75, 3.05) is 26.4 Å². The summed E-state index contributed by atoms with van der Waals surface area (Å²) in [7, 11) is 0. The number of halogens is 2. The predicted molar refractivity (Wildman–Crippen MR) is 96.9 cm³/mol. The maximum atomic E-state index is 13.4. The number of nitrogens with one attached hydrogen (secondary N) is 4. The van der Waals surface area contributed by atoms with Crippen molar-refractivity contribution in [3.63, 3.8) is 0 Å². The van der Waals surface area contributed by atoms with E-state index in [1.165, 1.54) is 12.1 Å². The fourth-order valence-corrected chi connectivity index (χ4v) is 4.42. The van der Waals surface area contributed by atoms with Gasteiger partial charge in [0, 0.05) is 36.9 Å². The molecule has 9 heteroatoms. The van der Waals surface area contributed by atoms with E-state index in [1.807, 2.05) is 0 Å². The van der Waals surface area contributed by atoms with Crippen LogP contribution in [0, 0.1) is 11.7 Å². The summed E-state index contributed by atoms with van der Waals surface area (Å²) in [6.45, 7) is 1.90. The van der Waals surface area contributed by atoms with Gasteiger partial charge in [0.1, 0.15) is 11.6 Å². The molecule has 2 bridgehead atoms. The third kappa shape index (κ3) is 3.74. The molecule has 1 aromatic rings. The summed E-state index contributed by atoms with van der Waals surface area (Å²) in [4.78, 5) is 24.4. The van der Waals surface area contributed by atoms with Crippen LogP contribution in [0.1, 0.15) is 19.3 Å². The summed E-state index contributed by atoms with van der Waals surface area (Å²) >= 11 is 5.61. The van der Waals surface area contributed by atoms with Crippen LogP contribution in [-0.2, 0) is 9.59 Å². The Morgan fingerprint density at radius 3 is 2.52 bits per heavy atom. The van der Waals surface area contributed by atoms with Gasteiger partial charge in [-0.1, -0.05) is 11.6 Å². The number of amides is 2. The van der Waals surface area contributed by atoms with Crippen LogP contribution in [-0.4, -0.2) is 49.3 Å². The maximum absolute atomic E-state index is 13.4. The highest BCUT2D eigenvalue weighted by molar-refractivity contribution is 6.30. The topological polar surface area (TPSA) is 91.5 Å². The monoisotopic (exact) mass is 396 g/mol. The number of hydrogen-bond acceptors (Lipinski definition) is 5. The van der Waals surface area contributed by atoms with Crippen LogP contribution in [0.25, 0.3) is 0 Å². The molecule has 146 valence electrons. The highest BCUT2D eigenvalue weighted by Gasteiger charge is 2.69. The Hall–Kier alpha value is -1.90. The van der Waals surface area contributed by atoms with Crippen molar-refractivity contribution in [3.05, 3.63) is 29.0 Å². The van der Waals surface area contributed by atoms with Crippen LogP contribution in [0.15, 0.2) is 18.2 Å². The molecule has 4 aliphatic rings. The minimum atomic E-state index is -0.588. The Kier molecular flexibility index (Phi) is 4.73. The van der Waals surface area contributed by atoms with E-state index in [0.29, 0.717) is 13.1 Å². The van der Waals surface area contributed by atoms with Gasteiger partial charge in [-0.15, -0.1) is 0 Å². The third-order valence-corrected chi connectivity index (χ3v) is 5.79. The molecule has 7 nitrogen and oxygen atoms in total. The van der Waals surface area contributed by atoms with Crippen LogP contribution in [0.4, 0.5) is 4.39 Å². The summed E-state index contributed by atoms with van der Waals surface area (Å²) in [6.07, 6.45) is 2.21. The van der Waals surface area contributed by atoms with Gasteiger partial charge in [0.2, 0.25) is 5.91 Å². The van der Waals surface area contributed by atoms with E-state index in [2.05, 4.69) is 21.3 Å². The summed E-state index contributed by atoms with van der Waals surface area (Å²) in [6, 6.07) is 4.05. The van der Waals surface area contributed by atoms with E-state index >= 15 is 0 Å². The molecule has 1 aliphatic heterocycles. The summed E-state index contributed by atoms with van der Waals surface area (Å²) in [5.41, 5.74) is -0.427. The van der Waals surface area contributed by atoms with Gasteiger partial charge in [-0.2, -0.15) is 0 Å². The van der Waals surface area contributed by atoms with Crippen molar-refractivity contribution in [1.82, 2.24) is 21.3 Å². The number of benzene rings is 1. The Morgan fingerprint density at radius 2 is 1.85 bits per heavy atom. The number of hydrogen-bond donors (Lipinski definition) is 4. The zero-order valence-electron chi connectivity index (χ0n) is 14.7. The Labute approximate surface area is 161 Å². The van der Waals surface area contributed by atoms with E-state index in [1.54, 1.807) is 0 Å². The van der Waals surface area contributed by atoms with Crippen molar-refractivity contribution >= 4 is 23.4 Å². The smallest absolute Gasteiger partial charge is 0.258 e. The van der Waals surface area contributed by atoms with Gasteiger partial charge in [0.05, 0.1) is 10.9 Å². The summed E-state index contributed by atoms with van der Waals surface area (Å²) < 4.78 is 18.7. The minimum Gasteiger partial charge on any atom is -0.484 e. The highest BCUT2D eigenvalue weighted by atomic mass is 35.5. The Bertz CT molecular complexity index is 749. The molecular formula is C18H22ClFN4O3. The number of carbonyl (C=O) groups is 2. The zero-order valence-corrected chi connectivity index (χ0v) is 15.5. The van der Waals surface area contributed by atoms with Gasteiger partial charge in [-0.25, -0.2) is 4.39 Å². The van der Waals surface area contributed by atoms with E-state index in [-0.39, 0.29) is 46.2 Å². The molecule has 0 spiro atoms. The molecule has 1 heterocycles. The predicted octanol–water partition coefficient (Wildman–Crippen LogP) is 0.532. The maximum Gasteiger partial charge on any atom is 0.258 e. The van der Waals surface area contributed by atoms with Crippen molar-refractivity contribution in [2.45, 2.75) is 30.3 Å². The summed E-state index contributed by atoms with van der Waals surface area (Å²) in [5, 5.41) is 12.4. The quantitative estimate of drug-likeness (QED) is 0.563. The molecule has 0 radical (unpaired) electrons. The first-order chi connectivity index (χ1) is 12.9.